The first-order valence-electron chi connectivity index (χ1n) is 5.04. The van der Waals surface area contributed by atoms with Crippen LogP contribution in [0, 0.1) is 0 Å². The molecule has 2 nitrogen and oxygen atoms in total. The van der Waals surface area contributed by atoms with E-state index in [2.05, 4.69) is 32.9 Å². The molecule has 0 amide bonds. The number of hydrogen-bond acceptors (Lipinski definition) is 2. The summed E-state index contributed by atoms with van der Waals surface area (Å²) in [5, 5.41) is 0. The molecule has 0 unspecified atom stereocenters. The zero-order valence-corrected chi connectivity index (χ0v) is 9.80. The standard InChI is InChI=1S/C12H22O2/c1-5-11(2)7-6-8-12(3)9-14-10-13-4/h5,8H,6-7,9-10H2,1-4H3. The van der Waals surface area contributed by atoms with Crippen LogP contribution in [-0.4, -0.2) is 20.5 Å². The number of ether oxygens (including phenoxy) is 2. The van der Waals surface area contributed by atoms with Crippen molar-refractivity contribution in [3.05, 3.63) is 23.3 Å². The predicted molar refractivity (Wildman–Crippen MR) is 60.3 cm³/mol. The Hall–Kier alpha value is -0.600. The lowest BCUT2D eigenvalue weighted by atomic mass is 10.1. The Labute approximate surface area is 87.6 Å². The van der Waals surface area contributed by atoms with E-state index in [1.165, 1.54) is 11.1 Å². The second-order valence-corrected chi connectivity index (χ2v) is 3.48. The molecule has 0 fully saturated rings. The first kappa shape index (κ1) is 13.4. The van der Waals surface area contributed by atoms with Gasteiger partial charge in [-0.05, 0) is 33.6 Å². The lowest BCUT2D eigenvalue weighted by Gasteiger charge is -2.03. The van der Waals surface area contributed by atoms with Crippen LogP contribution in [0.15, 0.2) is 23.3 Å². The number of hydrogen-bond donors (Lipinski definition) is 0. The van der Waals surface area contributed by atoms with E-state index >= 15 is 0 Å². The third-order valence-electron chi connectivity index (χ3n) is 2.06. The summed E-state index contributed by atoms with van der Waals surface area (Å²) < 4.78 is 10.0. The molecule has 0 aromatic rings. The molecular formula is C12H22O2. The normalized spacial score (nSPS) is 13.4. The van der Waals surface area contributed by atoms with Crippen LogP contribution < -0.4 is 0 Å². The van der Waals surface area contributed by atoms with Crippen molar-refractivity contribution in [1.82, 2.24) is 0 Å². The minimum Gasteiger partial charge on any atom is -0.359 e. The van der Waals surface area contributed by atoms with Crippen molar-refractivity contribution in [1.29, 1.82) is 0 Å². The molecule has 0 N–H and O–H groups in total. The van der Waals surface area contributed by atoms with E-state index < -0.39 is 0 Å². The van der Waals surface area contributed by atoms with Gasteiger partial charge in [0.15, 0.2) is 0 Å². The summed E-state index contributed by atoms with van der Waals surface area (Å²) in [4.78, 5) is 0. The van der Waals surface area contributed by atoms with E-state index in [9.17, 15) is 0 Å². The first-order valence-corrected chi connectivity index (χ1v) is 5.04. The van der Waals surface area contributed by atoms with Crippen LogP contribution in [-0.2, 0) is 9.47 Å². The van der Waals surface area contributed by atoms with Gasteiger partial charge >= 0.3 is 0 Å². The molecule has 2 heteroatoms. The van der Waals surface area contributed by atoms with Crippen molar-refractivity contribution in [2.75, 3.05) is 20.5 Å². The quantitative estimate of drug-likeness (QED) is 0.355. The summed E-state index contributed by atoms with van der Waals surface area (Å²) in [6.07, 6.45) is 6.61. The van der Waals surface area contributed by atoms with Gasteiger partial charge in [0.1, 0.15) is 6.79 Å². The van der Waals surface area contributed by atoms with Gasteiger partial charge in [-0.3, -0.25) is 0 Å². The van der Waals surface area contributed by atoms with Crippen LogP contribution in [0.1, 0.15) is 33.6 Å². The maximum absolute atomic E-state index is 5.22. The van der Waals surface area contributed by atoms with Crippen LogP contribution in [0.5, 0.6) is 0 Å². The second kappa shape index (κ2) is 8.97. The monoisotopic (exact) mass is 198 g/mol. The molecule has 0 aliphatic heterocycles. The van der Waals surface area contributed by atoms with E-state index in [-0.39, 0.29) is 0 Å². The lowest BCUT2D eigenvalue weighted by Crippen LogP contribution is -1.99. The van der Waals surface area contributed by atoms with Crippen molar-refractivity contribution in [2.45, 2.75) is 33.6 Å². The molecule has 0 aromatic carbocycles. The fraction of sp³-hybridized carbons (Fsp3) is 0.667. The molecule has 0 saturated heterocycles. The highest BCUT2D eigenvalue weighted by atomic mass is 16.7. The molecule has 0 spiro atoms. The maximum atomic E-state index is 5.22. The van der Waals surface area contributed by atoms with Crippen LogP contribution in [0.2, 0.25) is 0 Å². The van der Waals surface area contributed by atoms with Gasteiger partial charge in [0.05, 0.1) is 6.61 Å². The predicted octanol–water partition coefficient (Wildman–Crippen LogP) is 3.30. The smallest absolute Gasteiger partial charge is 0.146 e. The van der Waals surface area contributed by atoms with Gasteiger partial charge in [-0.25, -0.2) is 0 Å². The SMILES string of the molecule is CC=C(C)CCC=C(C)COCOC. The van der Waals surface area contributed by atoms with Gasteiger partial charge in [0.25, 0.3) is 0 Å². The molecule has 0 heterocycles. The molecular weight excluding hydrogens is 176 g/mol. The molecule has 0 bridgehead atoms. The van der Waals surface area contributed by atoms with Crippen LogP contribution in [0.3, 0.4) is 0 Å². The maximum Gasteiger partial charge on any atom is 0.146 e. The molecule has 0 rings (SSSR count). The average Bonchev–Trinajstić information content (AvgIpc) is 2.18. The van der Waals surface area contributed by atoms with Crippen molar-refractivity contribution in [3.8, 4) is 0 Å². The molecule has 0 radical (unpaired) electrons. The Balaban J connectivity index is 3.56. The molecule has 0 aliphatic rings. The Kier molecular flexibility index (Phi) is 8.59. The Morgan fingerprint density at radius 2 is 1.93 bits per heavy atom. The topological polar surface area (TPSA) is 18.5 Å². The zero-order chi connectivity index (χ0) is 10.8. The lowest BCUT2D eigenvalue weighted by molar-refractivity contribution is -0.0211. The average molecular weight is 198 g/mol. The second-order valence-electron chi connectivity index (χ2n) is 3.48. The summed E-state index contributed by atoms with van der Waals surface area (Å²) in [6, 6.07) is 0. The molecule has 0 aliphatic carbocycles. The Bertz CT molecular complexity index is 192. The zero-order valence-electron chi connectivity index (χ0n) is 9.80. The Morgan fingerprint density at radius 3 is 2.50 bits per heavy atom. The van der Waals surface area contributed by atoms with E-state index in [1.807, 2.05) is 0 Å². The number of rotatable bonds is 7. The third kappa shape index (κ3) is 8.02. The van der Waals surface area contributed by atoms with Gasteiger partial charge in [0, 0.05) is 7.11 Å². The van der Waals surface area contributed by atoms with E-state index in [1.54, 1.807) is 7.11 Å². The van der Waals surface area contributed by atoms with Gasteiger partial charge in [-0.15, -0.1) is 0 Å². The summed E-state index contributed by atoms with van der Waals surface area (Å²) in [5.74, 6) is 0. The first-order chi connectivity index (χ1) is 6.70. The minimum absolute atomic E-state index is 0.374. The summed E-state index contributed by atoms with van der Waals surface area (Å²) >= 11 is 0. The van der Waals surface area contributed by atoms with Gasteiger partial charge in [-0.2, -0.15) is 0 Å². The van der Waals surface area contributed by atoms with Crippen LogP contribution in [0.25, 0.3) is 0 Å². The fourth-order valence-electron chi connectivity index (χ4n) is 1.04. The molecule has 0 aromatic heterocycles. The third-order valence-corrected chi connectivity index (χ3v) is 2.06. The molecule has 0 saturated carbocycles. The molecule has 14 heavy (non-hydrogen) atoms. The van der Waals surface area contributed by atoms with E-state index in [0.717, 1.165) is 12.8 Å². The van der Waals surface area contributed by atoms with Gasteiger partial charge < -0.3 is 9.47 Å². The highest BCUT2D eigenvalue weighted by Gasteiger charge is 1.91. The summed E-state index contributed by atoms with van der Waals surface area (Å²) in [6.45, 7) is 7.36. The van der Waals surface area contributed by atoms with Crippen LogP contribution >= 0.6 is 0 Å². The molecule has 82 valence electrons. The fourth-order valence-corrected chi connectivity index (χ4v) is 1.04. The highest BCUT2D eigenvalue weighted by Crippen LogP contribution is 2.06. The van der Waals surface area contributed by atoms with E-state index in [4.69, 9.17) is 9.47 Å². The van der Waals surface area contributed by atoms with Crippen molar-refractivity contribution in [3.63, 3.8) is 0 Å². The summed E-state index contributed by atoms with van der Waals surface area (Å²) in [5.41, 5.74) is 2.71. The highest BCUT2D eigenvalue weighted by molar-refractivity contribution is 5.02. The summed E-state index contributed by atoms with van der Waals surface area (Å²) in [7, 11) is 1.63. The van der Waals surface area contributed by atoms with Crippen molar-refractivity contribution in [2.24, 2.45) is 0 Å². The van der Waals surface area contributed by atoms with Crippen LogP contribution in [0.4, 0.5) is 0 Å². The minimum atomic E-state index is 0.374. The van der Waals surface area contributed by atoms with Gasteiger partial charge in [-0.1, -0.05) is 23.3 Å². The largest absolute Gasteiger partial charge is 0.359 e. The van der Waals surface area contributed by atoms with E-state index in [0.29, 0.717) is 13.4 Å². The van der Waals surface area contributed by atoms with Crippen molar-refractivity contribution < 1.29 is 9.47 Å². The van der Waals surface area contributed by atoms with Crippen molar-refractivity contribution >= 4 is 0 Å². The molecule has 0 atom stereocenters. The number of methoxy groups -OCH3 is 1. The number of allylic oxidation sites excluding steroid dienone is 3. The van der Waals surface area contributed by atoms with Gasteiger partial charge in [0.2, 0.25) is 0 Å². The Morgan fingerprint density at radius 1 is 1.21 bits per heavy atom.